The number of aromatic nitrogens is 2. The minimum absolute atomic E-state index is 0.0508. The summed E-state index contributed by atoms with van der Waals surface area (Å²) in [6, 6.07) is 8.63. The quantitative estimate of drug-likeness (QED) is 0.102. The molecule has 0 saturated carbocycles. The maximum Gasteiger partial charge on any atom is 0.694 e. The minimum atomic E-state index is -2.54. The van der Waals surface area contributed by atoms with E-state index in [9.17, 15) is 14.7 Å². The van der Waals surface area contributed by atoms with Crippen LogP contribution in [0.5, 0.6) is 0 Å². The Kier molecular flexibility index (Phi) is 9.48. The predicted molar refractivity (Wildman–Crippen MR) is 126 cm³/mol. The summed E-state index contributed by atoms with van der Waals surface area (Å²) in [5.41, 5.74) is 1.98. The number of hydrogen-bond donors (Lipinski definition) is 2. The van der Waals surface area contributed by atoms with E-state index in [4.69, 9.17) is 9.31 Å². The third kappa shape index (κ3) is 7.39. The van der Waals surface area contributed by atoms with Gasteiger partial charge < -0.3 is 9.73 Å². The van der Waals surface area contributed by atoms with Crippen LogP contribution in [-0.2, 0) is 22.1 Å². The summed E-state index contributed by atoms with van der Waals surface area (Å²) in [6.07, 6.45) is 1.45. The average Bonchev–Trinajstić information content (AvgIpc) is 3.42. The number of non-ortho nitro benzene ring substituents is 1. The Hall–Kier alpha value is -2.21. The molecule has 0 aliphatic carbocycles. The Morgan fingerprint density at radius 2 is 2.21 bits per heavy atom. The number of hydrogen-bond acceptors (Lipinski definition) is 10. The van der Waals surface area contributed by atoms with Crippen molar-refractivity contribution in [3.63, 3.8) is 0 Å². The van der Waals surface area contributed by atoms with Crippen LogP contribution in [0.4, 0.5) is 5.69 Å². The molecule has 10 nitrogen and oxygen atoms in total. The standard InChI is InChI=1S/C20H23N4O6PS2/c1-3-14-11-17(12-21-8-5-9-29-31(27)28)33-18(14)19-22-23-20(30-19)32-13(2)15-6-4-7-16(10-15)24(25)26/h4,6-7,10-11,13,21H,3,5,8-9,12H2,1-2H3/p+1. The fraction of sp³-hybridized carbons (Fsp3) is 0.400. The highest BCUT2D eigenvalue weighted by atomic mass is 32.2. The molecule has 0 radical (unpaired) electrons. The van der Waals surface area contributed by atoms with Gasteiger partial charge in [-0.05, 0) is 43.5 Å². The van der Waals surface area contributed by atoms with Gasteiger partial charge in [0.2, 0.25) is 0 Å². The first-order valence-corrected chi connectivity index (χ1v) is 13.1. The van der Waals surface area contributed by atoms with Gasteiger partial charge in [0.1, 0.15) is 6.61 Å². The summed E-state index contributed by atoms with van der Waals surface area (Å²) in [6.45, 7) is 5.54. The summed E-state index contributed by atoms with van der Waals surface area (Å²) in [5, 5.41) is 23.0. The molecule has 13 heteroatoms. The van der Waals surface area contributed by atoms with Crippen molar-refractivity contribution in [3.05, 3.63) is 56.5 Å². The lowest BCUT2D eigenvalue weighted by molar-refractivity contribution is -0.384. The number of thiophene rings is 1. The van der Waals surface area contributed by atoms with Crippen molar-refractivity contribution in [2.45, 2.75) is 43.7 Å². The van der Waals surface area contributed by atoms with Gasteiger partial charge in [0.25, 0.3) is 16.8 Å². The van der Waals surface area contributed by atoms with Gasteiger partial charge in [-0.2, -0.15) is 0 Å². The van der Waals surface area contributed by atoms with E-state index in [-0.39, 0.29) is 17.5 Å². The van der Waals surface area contributed by atoms with Crippen LogP contribution in [-0.4, -0.2) is 33.2 Å². The molecule has 2 atom stereocenters. The second-order valence-electron chi connectivity index (χ2n) is 7.01. The Morgan fingerprint density at radius 1 is 1.39 bits per heavy atom. The van der Waals surface area contributed by atoms with Gasteiger partial charge in [-0.3, -0.25) is 10.1 Å². The second kappa shape index (κ2) is 12.3. The van der Waals surface area contributed by atoms with E-state index < -0.39 is 13.2 Å². The molecule has 33 heavy (non-hydrogen) atoms. The van der Waals surface area contributed by atoms with E-state index in [1.165, 1.54) is 17.8 Å². The molecule has 2 N–H and O–H groups in total. The predicted octanol–water partition coefficient (Wildman–Crippen LogP) is 5.27. The van der Waals surface area contributed by atoms with Crippen LogP contribution in [0.25, 0.3) is 10.8 Å². The third-order valence-electron chi connectivity index (χ3n) is 4.67. The summed E-state index contributed by atoms with van der Waals surface area (Å²) < 4.78 is 21.0. The van der Waals surface area contributed by atoms with Gasteiger partial charge in [-0.15, -0.1) is 31.0 Å². The van der Waals surface area contributed by atoms with Crippen LogP contribution in [0.3, 0.4) is 0 Å². The average molecular weight is 512 g/mol. The summed E-state index contributed by atoms with van der Waals surface area (Å²) in [5.74, 6) is 0.456. The number of thioether (sulfide) groups is 1. The molecule has 2 aromatic heterocycles. The summed E-state index contributed by atoms with van der Waals surface area (Å²) in [7, 11) is -2.54. The largest absolute Gasteiger partial charge is 0.694 e. The molecule has 0 saturated heterocycles. The zero-order chi connectivity index (χ0) is 23.8. The molecule has 176 valence electrons. The topological polar surface area (TPSA) is 141 Å². The number of rotatable bonds is 13. The van der Waals surface area contributed by atoms with Crippen LogP contribution in [0.1, 0.15) is 41.5 Å². The van der Waals surface area contributed by atoms with Gasteiger partial charge in [-0.1, -0.05) is 30.8 Å². The SMILES string of the molecule is CCc1cc(CNCCCO[P+](=O)O)sc1-c1nnc(SC(C)c2cccc([N+](=O)[O-])c2)o1. The molecule has 0 fully saturated rings. The van der Waals surface area contributed by atoms with E-state index in [2.05, 4.69) is 33.0 Å². The van der Waals surface area contributed by atoms with Crippen LogP contribution in [0, 0.1) is 10.1 Å². The van der Waals surface area contributed by atoms with Crippen LogP contribution >= 0.6 is 31.4 Å². The summed E-state index contributed by atoms with van der Waals surface area (Å²) in [4.78, 5) is 21.3. The van der Waals surface area contributed by atoms with Crippen molar-refractivity contribution in [1.82, 2.24) is 15.5 Å². The van der Waals surface area contributed by atoms with E-state index >= 15 is 0 Å². The smallest absolute Gasteiger partial charge is 0.410 e. The van der Waals surface area contributed by atoms with Gasteiger partial charge in [-0.25, -0.2) is 0 Å². The molecule has 0 spiro atoms. The van der Waals surface area contributed by atoms with E-state index in [0.717, 1.165) is 27.3 Å². The first-order valence-electron chi connectivity index (χ1n) is 10.2. The van der Waals surface area contributed by atoms with Crippen molar-refractivity contribution in [3.8, 4) is 10.8 Å². The number of nitro benzene ring substituents is 1. The highest BCUT2D eigenvalue weighted by Crippen LogP contribution is 2.38. The Bertz CT molecular complexity index is 1110. The Labute approximate surface area is 199 Å². The molecule has 0 aliphatic rings. The number of aryl methyl sites for hydroxylation is 1. The minimum Gasteiger partial charge on any atom is -0.410 e. The number of nitrogens with zero attached hydrogens (tertiary/aromatic N) is 3. The van der Waals surface area contributed by atoms with Crippen molar-refractivity contribution in [2.24, 2.45) is 0 Å². The first-order chi connectivity index (χ1) is 15.9. The van der Waals surface area contributed by atoms with Crippen molar-refractivity contribution in [1.29, 1.82) is 0 Å². The van der Waals surface area contributed by atoms with Crippen LogP contribution < -0.4 is 5.32 Å². The fourth-order valence-electron chi connectivity index (χ4n) is 3.03. The van der Waals surface area contributed by atoms with Crippen molar-refractivity contribution < 1.29 is 23.3 Å². The number of nitro groups is 1. The van der Waals surface area contributed by atoms with E-state index in [1.54, 1.807) is 23.5 Å². The number of benzene rings is 1. The monoisotopic (exact) mass is 511 g/mol. The third-order valence-corrected chi connectivity index (χ3v) is 7.23. The molecule has 3 rings (SSSR count). The normalized spacial score (nSPS) is 12.6. The fourth-order valence-corrected chi connectivity index (χ4v) is 5.25. The molecule has 1 aromatic carbocycles. The lowest BCUT2D eigenvalue weighted by Crippen LogP contribution is -2.15. The van der Waals surface area contributed by atoms with Crippen molar-refractivity contribution >= 4 is 37.0 Å². The maximum absolute atomic E-state index is 11.0. The van der Waals surface area contributed by atoms with Gasteiger partial charge in [0.15, 0.2) is 0 Å². The first kappa shape index (κ1) is 25.4. The van der Waals surface area contributed by atoms with Crippen molar-refractivity contribution in [2.75, 3.05) is 13.2 Å². The zero-order valence-electron chi connectivity index (χ0n) is 18.1. The summed E-state index contributed by atoms with van der Waals surface area (Å²) >= 11 is 2.93. The lowest BCUT2D eigenvalue weighted by Gasteiger charge is -2.08. The molecule has 2 unspecified atom stereocenters. The second-order valence-corrected chi connectivity index (χ2v) is 10.2. The highest BCUT2D eigenvalue weighted by molar-refractivity contribution is 7.99. The van der Waals surface area contributed by atoms with Gasteiger partial charge in [0, 0.05) is 33.4 Å². The van der Waals surface area contributed by atoms with E-state index in [0.29, 0.717) is 30.6 Å². The van der Waals surface area contributed by atoms with Gasteiger partial charge >= 0.3 is 8.25 Å². The lowest BCUT2D eigenvalue weighted by atomic mass is 10.1. The molecule has 0 amide bonds. The Morgan fingerprint density at radius 3 is 2.94 bits per heavy atom. The number of nitrogens with one attached hydrogen (secondary N) is 1. The van der Waals surface area contributed by atoms with Crippen LogP contribution in [0.2, 0.25) is 0 Å². The molecule has 0 aliphatic heterocycles. The molecule has 3 aromatic rings. The molecule has 0 bridgehead atoms. The molecular weight excluding hydrogens is 487 g/mol. The van der Waals surface area contributed by atoms with Crippen LogP contribution in [0.15, 0.2) is 40.0 Å². The Balaban J connectivity index is 1.61. The highest BCUT2D eigenvalue weighted by Gasteiger charge is 2.19. The molecular formula is C20H24N4O6PS2+. The van der Waals surface area contributed by atoms with E-state index in [1.807, 2.05) is 13.0 Å². The molecule has 2 heterocycles. The zero-order valence-corrected chi connectivity index (χ0v) is 20.6. The van der Waals surface area contributed by atoms with Gasteiger partial charge in [0.05, 0.1) is 9.80 Å². The maximum atomic E-state index is 11.0.